The summed E-state index contributed by atoms with van der Waals surface area (Å²) in [4.78, 5) is 15.3. The first-order valence-electron chi connectivity index (χ1n) is 7.32. The molecule has 4 heteroatoms. The molecule has 110 valence electrons. The molecule has 0 spiro atoms. The van der Waals surface area contributed by atoms with Crippen molar-refractivity contribution in [2.24, 2.45) is 0 Å². The average Bonchev–Trinajstić information content (AvgIpc) is 3.01. The molecule has 2 atom stereocenters. The number of aliphatic carboxylic acids is 1. The van der Waals surface area contributed by atoms with Gasteiger partial charge >= 0.3 is 5.97 Å². The molecule has 1 aliphatic rings. The van der Waals surface area contributed by atoms with Crippen LogP contribution in [0.1, 0.15) is 41.4 Å². The number of carboxylic acids is 1. The van der Waals surface area contributed by atoms with Crippen LogP contribution in [0.15, 0.2) is 41.8 Å². The van der Waals surface area contributed by atoms with E-state index in [-0.39, 0.29) is 6.04 Å². The van der Waals surface area contributed by atoms with Crippen molar-refractivity contribution < 1.29 is 9.90 Å². The lowest BCUT2D eigenvalue weighted by atomic mass is 9.90. The van der Waals surface area contributed by atoms with Gasteiger partial charge in [-0.25, -0.2) is 0 Å². The van der Waals surface area contributed by atoms with Crippen LogP contribution in [-0.2, 0) is 11.2 Å². The number of nitrogens with zero attached hydrogens (tertiary/aromatic N) is 1. The molecule has 1 aromatic heterocycles. The van der Waals surface area contributed by atoms with Gasteiger partial charge in [-0.3, -0.25) is 9.69 Å². The van der Waals surface area contributed by atoms with Gasteiger partial charge in [-0.2, -0.15) is 0 Å². The van der Waals surface area contributed by atoms with Crippen molar-refractivity contribution in [3.05, 3.63) is 57.8 Å². The molecule has 2 aromatic rings. The molecule has 1 N–H and O–H groups in total. The molecule has 1 aliphatic heterocycles. The first-order chi connectivity index (χ1) is 10.2. The number of fused-ring (bicyclic) bond motifs is 1. The van der Waals surface area contributed by atoms with Gasteiger partial charge in [0.15, 0.2) is 0 Å². The minimum absolute atomic E-state index is 0.180. The Morgan fingerprint density at radius 2 is 2.19 bits per heavy atom. The lowest BCUT2D eigenvalue weighted by Crippen LogP contribution is -2.41. The molecule has 1 aromatic carbocycles. The van der Waals surface area contributed by atoms with Crippen LogP contribution in [-0.4, -0.2) is 22.5 Å². The van der Waals surface area contributed by atoms with Crippen molar-refractivity contribution in [2.45, 2.75) is 31.8 Å². The predicted molar refractivity (Wildman–Crippen MR) is 84.6 cm³/mol. The van der Waals surface area contributed by atoms with E-state index in [2.05, 4.69) is 29.3 Å². The van der Waals surface area contributed by atoms with Crippen LogP contribution in [0.25, 0.3) is 0 Å². The van der Waals surface area contributed by atoms with E-state index >= 15 is 0 Å². The van der Waals surface area contributed by atoms with E-state index in [1.807, 2.05) is 24.3 Å². The third-order valence-corrected chi connectivity index (χ3v) is 5.19. The zero-order chi connectivity index (χ0) is 14.8. The fourth-order valence-electron chi connectivity index (χ4n) is 3.28. The maximum absolute atomic E-state index is 11.9. The Balaban J connectivity index is 2.01. The molecular weight excluding hydrogens is 282 g/mol. The Kier molecular flexibility index (Phi) is 4.08. The summed E-state index contributed by atoms with van der Waals surface area (Å²) in [6.07, 6.45) is 1.84. The molecule has 3 nitrogen and oxygen atoms in total. The number of thiophene rings is 1. The highest BCUT2D eigenvalue weighted by atomic mass is 32.1. The first-order valence-corrected chi connectivity index (χ1v) is 8.20. The van der Waals surface area contributed by atoms with Gasteiger partial charge in [0.05, 0.1) is 0 Å². The van der Waals surface area contributed by atoms with Crippen molar-refractivity contribution in [2.75, 3.05) is 6.54 Å². The summed E-state index contributed by atoms with van der Waals surface area (Å²) >= 11 is 1.71. The third-order valence-electron chi connectivity index (χ3n) is 4.21. The van der Waals surface area contributed by atoms with Crippen LogP contribution in [0.2, 0.25) is 0 Å². The Morgan fingerprint density at radius 1 is 1.38 bits per heavy atom. The van der Waals surface area contributed by atoms with Gasteiger partial charge in [-0.1, -0.05) is 37.3 Å². The Bertz CT molecular complexity index is 623. The normalized spacial score (nSPS) is 20.0. The van der Waals surface area contributed by atoms with Gasteiger partial charge < -0.3 is 5.11 Å². The zero-order valence-corrected chi connectivity index (χ0v) is 12.8. The fourth-order valence-corrected chi connectivity index (χ4v) is 4.21. The molecule has 2 heterocycles. The van der Waals surface area contributed by atoms with Crippen LogP contribution < -0.4 is 0 Å². The van der Waals surface area contributed by atoms with E-state index < -0.39 is 12.0 Å². The number of carbonyl (C=O) groups is 1. The van der Waals surface area contributed by atoms with Crippen LogP contribution in [0, 0.1) is 0 Å². The molecule has 0 saturated heterocycles. The number of hydrogen-bond acceptors (Lipinski definition) is 3. The molecule has 0 fully saturated rings. The lowest BCUT2D eigenvalue weighted by Gasteiger charge is -2.39. The molecule has 0 aliphatic carbocycles. The molecule has 0 amide bonds. The van der Waals surface area contributed by atoms with Crippen molar-refractivity contribution >= 4 is 17.3 Å². The van der Waals surface area contributed by atoms with E-state index in [0.717, 1.165) is 24.9 Å². The van der Waals surface area contributed by atoms with Crippen molar-refractivity contribution in [3.63, 3.8) is 0 Å². The fraction of sp³-hybridized carbons (Fsp3) is 0.353. The van der Waals surface area contributed by atoms with Crippen LogP contribution in [0.5, 0.6) is 0 Å². The Labute approximate surface area is 128 Å². The van der Waals surface area contributed by atoms with Gasteiger partial charge in [0.2, 0.25) is 0 Å². The van der Waals surface area contributed by atoms with Crippen molar-refractivity contribution in [1.82, 2.24) is 4.90 Å². The second-order valence-corrected chi connectivity index (χ2v) is 6.35. The van der Waals surface area contributed by atoms with Crippen molar-refractivity contribution in [3.8, 4) is 0 Å². The van der Waals surface area contributed by atoms with Crippen molar-refractivity contribution in [1.29, 1.82) is 0 Å². The summed E-state index contributed by atoms with van der Waals surface area (Å²) in [6, 6.07) is 11.7. The van der Waals surface area contributed by atoms with E-state index in [0.29, 0.717) is 0 Å². The van der Waals surface area contributed by atoms with Gasteiger partial charge in [0.1, 0.15) is 6.04 Å². The minimum atomic E-state index is -0.753. The molecule has 21 heavy (non-hydrogen) atoms. The SMILES string of the molecule is CCC(c1cccs1)N1CCc2ccccc2C1C(=O)O. The summed E-state index contributed by atoms with van der Waals surface area (Å²) in [7, 11) is 0. The summed E-state index contributed by atoms with van der Waals surface area (Å²) in [5.74, 6) is -0.753. The Morgan fingerprint density at radius 3 is 2.86 bits per heavy atom. The van der Waals surface area contributed by atoms with E-state index in [1.165, 1.54) is 10.4 Å². The number of carboxylic acid groups (broad SMARTS) is 1. The third kappa shape index (κ3) is 2.61. The minimum Gasteiger partial charge on any atom is -0.480 e. The highest BCUT2D eigenvalue weighted by Crippen LogP contribution is 2.39. The summed E-state index contributed by atoms with van der Waals surface area (Å²) in [6.45, 7) is 2.92. The Hall–Kier alpha value is -1.65. The first kappa shape index (κ1) is 14.3. The predicted octanol–water partition coefficient (Wildman–Crippen LogP) is 3.88. The van der Waals surface area contributed by atoms with Gasteiger partial charge in [-0.15, -0.1) is 11.3 Å². The highest BCUT2D eigenvalue weighted by Gasteiger charge is 2.36. The van der Waals surface area contributed by atoms with Crippen LogP contribution in [0.4, 0.5) is 0 Å². The van der Waals surface area contributed by atoms with Crippen LogP contribution >= 0.6 is 11.3 Å². The molecule has 2 unspecified atom stereocenters. The lowest BCUT2D eigenvalue weighted by molar-refractivity contribution is -0.145. The molecule has 3 rings (SSSR count). The van der Waals surface area contributed by atoms with Gasteiger partial charge in [-0.05, 0) is 35.4 Å². The zero-order valence-electron chi connectivity index (χ0n) is 12.0. The maximum atomic E-state index is 11.9. The molecule has 0 radical (unpaired) electrons. The second kappa shape index (κ2) is 6.00. The number of benzene rings is 1. The van der Waals surface area contributed by atoms with Gasteiger partial charge in [0.25, 0.3) is 0 Å². The maximum Gasteiger partial charge on any atom is 0.325 e. The largest absolute Gasteiger partial charge is 0.480 e. The van der Waals surface area contributed by atoms with E-state index in [1.54, 1.807) is 11.3 Å². The molecular formula is C17H19NO2S. The van der Waals surface area contributed by atoms with Crippen LogP contribution in [0.3, 0.4) is 0 Å². The summed E-state index contributed by atoms with van der Waals surface area (Å²) in [5.41, 5.74) is 2.12. The summed E-state index contributed by atoms with van der Waals surface area (Å²) in [5, 5.41) is 11.8. The van der Waals surface area contributed by atoms with Gasteiger partial charge in [0, 0.05) is 17.5 Å². The molecule has 0 bridgehead atoms. The summed E-state index contributed by atoms with van der Waals surface area (Å²) < 4.78 is 0. The quantitative estimate of drug-likeness (QED) is 0.931. The van der Waals surface area contributed by atoms with E-state index in [9.17, 15) is 9.90 Å². The highest BCUT2D eigenvalue weighted by molar-refractivity contribution is 7.10. The molecule has 0 saturated carbocycles. The standard InChI is InChI=1S/C17H19NO2S/c1-2-14(15-8-5-11-21-15)18-10-9-12-6-3-4-7-13(12)16(18)17(19)20/h3-8,11,14,16H,2,9-10H2,1H3,(H,19,20). The average molecular weight is 301 g/mol. The smallest absolute Gasteiger partial charge is 0.325 e. The number of hydrogen-bond donors (Lipinski definition) is 1. The monoisotopic (exact) mass is 301 g/mol. The number of rotatable bonds is 4. The van der Waals surface area contributed by atoms with E-state index in [4.69, 9.17) is 0 Å². The topological polar surface area (TPSA) is 40.5 Å². The second-order valence-electron chi connectivity index (χ2n) is 5.37.